The van der Waals surface area contributed by atoms with Crippen LogP contribution in [0.3, 0.4) is 0 Å². The molecule has 0 bridgehead atoms. The topological polar surface area (TPSA) is 56.2 Å². The van der Waals surface area contributed by atoms with Crippen molar-refractivity contribution in [1.82, 2.24) is 15.1 Å². The highest BCUT2D eigenvalue weighted by atomic mass is 16.5. The number of nitrogens with one attached hydrogen (secondary N) is 1. The second-order valence-electron chi connectivity index (χ2n) is 4.68. The Morgan fingerprint density at radius 3 is 3.00 bits per heavy atom. The van der Waals surface area contributed by atoms with Crippen LogP contribution in [0.2, 0.25) is 0 Å². The maximum absolute atomic E-state index is 11.8. The fourth-order valence-corrected chi connectivity index (χ4v) is 2.14. The van der Waals surface area contributed by atoms with E-state index >= 15 is 0 Å². The summed E-state index contributed by atoms with van der Waals surface area (Å²) in [5, 5.41) is 7.28. The molecule has 0 saturated heterocycles. The van der Waals surface area contributed by atoms with Gasteiger partial charge in [-0.25, -0.2) is 0 Å². The average molecular weight is 257 g/mol. The monoisotopic (exact) mass is 257 g/mol. The minimum Gasteiger partial charge on any atom is -0.487 e. The number of carbonyl (C=O) groups is 1. The highest BCUT2D eigenvalue weighted by Gasteiger charge is 2.23. The van der Waals surface area contributed by atoms with Crippen molar-refractivity contribution in [3.8, 4) is 5.75 Å². The van der Waals surface area contributed by atoms with E-state index in [1.165, 1.54) is 0 Å². The first-order valence-electron chi connectivity index (χ1n) is 6.28. The third kappa shape index (κ3) is 2.45. The van der Waals surface area contributed by atoms with Crippen molar-refractivity contribution in [2.24, 2.45) is 0 Å². The standard InChI is InChI=1S/C14H15N3O2/c1-10-8-17-13(14(18)15-10)7-11(16-17)9-19-12-5-3-2-4-6-12/h2-7,10H,8-9H2,1H3,(H,15,18)/t10-/m0/s1. The molecule has 0 fully saturated rings. The number of nitrogens with zero attached hydrogens (tertiary/aromatic N) is 2. The van der Waals surface area contributed by atoms with Gasteiger partial charge in [0.05, 0.1) is 6.54 Å². The molecule has 0 aliphatic carbocycles. The summed E-state index contributed by atoms with van der Waals surface area (Å²) in [6.07, 6.45) is 0. The number of rotatable bonds is 3. The molecule has 0 spiro atoms. The summed E-state index contributed by atoms with van der Waals surface area (Å²) in [4.78, 5) is 11.8. The molecule has 1 aromatic carbocycles. The molecule has 19 heavy (non-hydrogen) atoms. The summed E-state index contributed by atoms with van der Waals surface area (Å²) in [5.41, 5.74) is 1.37. The summed E-state index contributed by atoms with van der Waals surface area (Å²) in [6, 6.07) is 11.5. The summed E-state index contributed by atoms with van der Waals surface area (Å²) in [5.74, 6) is 0.725. The zero-order valence-corrected chi connectivity index (χ0v) is 10.7. The van der Waals surface area contributed by atoms with Gasteiger partial charge in [-0.15, -0.1) is 0 Å². The molecule has 1 atom stereocenters. The predicted octanol–water partition coefficient (Wildman–Crippen LogP) is 1.59. The molecular formula is C14H15N3O2. The summed E-state index contributed by atoms with van der Waals surface area (Å²) < 4.78 is 7.37. The molecule has 5 heteroatoms. The molecule has 1 aliphatic heterocycles. The highest BCUT2D eigenvalue weighted by Crippen LogP contribution is 2.14. The van der Waals surface area contributed by atoms with Gasteiger partial charge in [0.25, 0.3) is 5.91 Å². The van der Waals surface area contributed by atoms with Crippen LogP contribution in [0.1, 0.15) is 23.1 Å². The Morgan fingerprint density at radius 1 is 1.42 bits per heavy atom. The fourth-order valence-electron chi connectivity index (χ4n) is 2.14. The van der Waals surface area contributed by atoms with E-state index < -0.39 is 0 Å². The lowest BCUT2D eigenvalue weighted by molar-refractivity contribution is 0.0901. The van der Waals surface area contributed by atoms with Gasteiger partial charge in [0.1, 0.15) is 23.7 Å². The SMILES string of the molecule is C[C@H]1Cn2nc(COc3ccccc3)cc2C(=O)N1. The number of para-hydroxylation sites is 1. The first kappa shape index (κ1) is 11.8. The van der Waals surface area contributed by atoms with Crippen molar-refractivity contribution in [1.29, 1.82) is 0 Å². The largest absolute Gasteiger partial charge is 0.487 e. The lowest BCUT2D eigenvalue weighted by atomic mass is 10.2. The molecule has 0 radical (unpaired) electrons. The molecule has 5 nitrogen and oxygen atoms in total. The number of fused-ring (bicyclic) bond motifs is 1. The smallest absolute Gasteiger partial charge is 0.269 e. The van der Waals surface area contributed by atoms with Gasteiger partial charge < -0.3 is 10.1 Å². The first-order chi connectivity index (χ1) is 9.22. The normalized spacial score (nSPS) is 17.7. The third-order valence-electron chi connectivity index (χ3n) is 3.02. The minimum atomic E-state index is -0.0720. The second kappa shape index (κ2) is 4.76. The zero-order valence-electron chi connectivity index (χ0n) is 10.7. The van der Waals surface area contributed by atoms with Crippen LogP contribution < -0.4 is 10.1 Å². The van der Waals surface area contributed by atoms with Crippen molar-refractivity contribution in [3.05, 3.63) is 47.8 Å². The van der Waals surface area contributed by atoms with Crippen LogP contribution in [0, 0.1) is 0 Å². The number of benzene rings is 1. The van der Waals surface area contributed by atoms with Crippen molar-refractivity contribution in [3.63, 3.8) is 0 Å². The van der Waals surface area contributed by atoms with Crippen LogP contribution in [-0.2, 0) is 13.2 Å². The summed E-state index contributed by atoms with van der Waals surface area (Å²) >= 11 is 0. The van der Waals surface area contributed by atoms with Gasteiger partial charge in [-0.1, -0.05) is 18.2 Å². The lowest BCUT2D eigenvalue weighted by Crippen LogP contribution is -2.42. The molecule has 1 N–H and O–H groups in total. The van der Waals surface area contributed by atoms with Gasteiger partial charge in [0, 0.05) is 6.04 Å². The fraction of sp³-hybridized carbons (Fsp3) is 0.286. The van der Waals surface area contributed by atoms with Crippen LogP contribution in [0.4, 0.5) is 0 Å². The first-order valence-corrected chi connectivity index (χ1v) is 6.28. The second-order valence-corrected chi connectivity index (χ2v) is 4.68. The van der Waals surface area contributed by atoms with E-state index in [4.69, 9.17) is 4.74 Å². The van der Waals surface area contributed by atoms with Gasteiger partial charge in [0.15, 0.2) is 0 Å². The number of hydrogen-bond donors (Lipinski definition) is 1. The Kier molecular flexibility index (Phi) is 2.95. The van der Waals surface area contributed by atoms with E-state index in [-0.39, 0.29) is 11.9 Å². The number of hydrogen-bond acceptors (Lipinski definition) is 3. The average Bonchev–Trinajstić information content (AvgIpc) is 2.81. The summed E-state index contributed by atoms with van der Waals surface area (Å²) in [6.45, 7) is 3.03. The molecule has 1 aliphatic rings. The number of amides is 1. The van der Waals surface area contributed by atoms with E-state index in [9.17, 15) is 4.79 Å². The summed E-state index contributed by atoms with van der Waals surface area (Å²) in [7, 11) is 0. The molecule has 1 amide bonds. The molecule has 98 valence electrons. The number of ether oxygens (including phenoxy) is 1. The van der Waals surface area contributed by atoms with E-state index in [0.717, 1.165) is 11.4 Å². The van der Waals surface area contributed by atoms with Crippen LogP contribution in [0.15, 0.2) is 36.4 Å². The molecule has 1 aromatic heterocycles. The van der Waals surface area contributed by atoms with E-state index in [0.29, 0.717) is 18.8 Å². The molecule has 0 saturated carbocycles. The molecule has 3 rings (SSSR count). The Morgan fingerprint density at radius 2 is 2.21 bits per heavy atom. The predicted molar refractivity (Wildman–Crippen MR) is 69.9 cm³/mol. The van der Waals surface area contributed by atoms with Crippen molar-refractivity contribution >= 4 is 5.91 Å². The molecule has 0 unspecified atom stereocenters. The third-order valence-corrected chi connectivity index (χ3v) is 3.02. The van der Waals surface area contributed by atoms with Gasteiger partial charge in [-0.2, -0.15) is 5.10 Å². The number of aromatic nitrogens is 2. The van der Waals surface area contributed by atoms with E-state index in [1.807, 2.05) is 37.3 Å². The van der Waals surface area contributed by atoms with Crippen molar-refractivity contribution < 1.29 is 9.53 Å². The van der Waals surface area contributed by atoms with Crippen LogP contribution in [0.25, 0.3) is 0 Å². The molecular weight excluding hydrogens is 242 g/mol. The number of carbonyl (C=O) groups excluding carboxylic acids is 1. The highest BCUT2D eigenvalue weighted by molar-refractivity contribution is 5.93. The zero-order chi connectivity index (χ0) is 13.2. The Balaban J connectivity index is 1.73. The van der Waals surface area contributed by atoms with Gasteiger partial charge in [-0.05, 0) is 25.1 Å². The van der Waals surface area contributed by atoms with E-state index in [1.54, 1.807) is 10.7 Å². The van der Waals surface area contributed by atoms with Gasteiger partial charge in [0.2, 0.25) is 0 Å². The minimum absolute atomic E-state index is 0.0720. The Bertz CT molecular complexity index is 592. The van der Waals surface area contributed by atoms with E-state index in [2.05, 4.69) is 10.4 Å². The van der Waals surface area contributed by atoms with Gasteiger partial charge in [-0.3, -0.25) is 9.48 Å². The van der Waals surface area contributed by atoms with Crippen LogP contribution in [0.5, 0.6) is 5.75 Å². The molecule has 2 heterocycles. The lowest BCUT2D eigenvalue weighted by Gasteiger charge is -2.20. The quantitative estimate of drug-likeness (QED) is 0.908. The Labute approximate surface area is 111 Å². The van der Waals surface area contributed by atoms with Crippen molar-refractivity contribution in [2.75, 3.05) is 0 Å². The van der Waals surface area contributed by atoms with Crippen LogP contribution in [-0.4, -0.2) is 21.7 Å². The maximum atomic E-state index is 11.8. The van der Waals surface area contributed by atoms with Crippen LogP contribution >= 0.6 is 0 Å². The van der Waals surface area contributed by atoms with Crippen molar-refractivity contribution in [2.45, 2.75) is 26.1 Å². The van der Waals surface area contributed by atoms with Gasteiger partial charge >= 0.3 is 0 Å². The Hall–Kier alpha value is -2.30. The molecule has 2 aromatic rings. The maximum Gasteiger partial charge on any atom is 0.269 e.